The average Bonchev–Trinajstić information content (AvgIpc) is 2.91. The third-order valence-electron chi connectivity index (χ3n) is 5.21. The molecule has 0 spiro atoms. The minimum atomic E-state index is -0.160. The molecule has 1 aromatic rings. The second-order valence-corrected chi connectivity index (χ2v) is 6.92. The van der Waals surface area contributed by atoms with Gasteiger partial charge < -0.3 is 9.47 Å². The summed E-state index contributed by atoms with van der Waals surface area (Å²) in [4.78, 5) is 28.5. The molecule has 6 nitrogen and oxygen atoms in total. The number of carbonyl (C=O) groups excluding carboxylic acids is 2. The summed E-state index contributed by atoms with van der Waals surface area (Å²) in [6, 6.07) is 5.85. The number of methoxy groups -OCH3 is 2. The molecule has 1 saturated heterocycles. The van der Waals surface area contributed by atoms with Gasteiger partial charge in [0, 0.05) is 6.54 Å². The van der Waals surface area contributed by atoms with E-state index in [0.717, 1.165) is 18.5 Å². The molecule has 3 rings (SSSR count). The summed E-state index contributed by atoms with van der Waals surface area (Å²) in [7, 11) is 5.16. The first-order valence-corrected chi connectivity index (χ1v) is 8.94. The van der Waals surface area contributed by atoms with Crippen LogP contribution in [0.5, 0.6) is 11.5 Å². The van der Waals surface area contributed by atoms with E-state index < -0.39 is 0 Å². The van der Waals surface area contributed by atoms with E-state index in [4.69, 9.17) is 9.47 Å². The molecule has 0 saturated carbocycles. The fourth-order valence-corrected chi connectivity index (χ4v) is 3.68. The van der Waals surface area contributed by atoms with E-state index in [0.29, 0.717) is 31.0 Å². The van der Waals surface area contributed by atoms with Crippen LogP contribution in [0.15, 0.2) is 30.4 Å². The molecule has 6 heteroatoms. The monoisotopic (exact) mass is 358 g/mol. The third kappa shape index (κ3) is 3.60. The number of fused-ring (bicyclic) bond motifs is 1. The Bertz CT molecular complexity index is 690. The Labute approximate surface area is 154 Å². The van der Waals surface area contributed by atoms with Gasteiger partial charge >= 0.3 is 0 Å². The number of benzene rings is 1. The Morgan fingerprint density at radius 1 is 1.04 bits per heavy atom. The number of amides is 2. The molecule has 0 N–H and O–H groups in total. The zero-order chi connectivity index (χ0) is 18.7. The molecule has 26 heavy (non-hydrogen) atoms. The normalized spacial score (nSPS) is 22.1. The number of hydrogen-bond acceptors (Lipinski definition) is 5. The number of imide groups is 1. The fourth-order valence-electron chi connectivity index (χ4n) is 3.68. The molecule has 0 bridgehead atoms. The molecular weight excluding hydrogens is 332 g/mol. The van der Waals surface area contributed by atoms with Gasteiger partial charge in [0.25, 0.3) is 0 Å². The van der Waals surface area contributed by atoms with E-state index in [1.165, 1.54) is 4.90 Å². The van der Waals surface area contributed by atoms with Gasteiger partial charge in [-0.05, 0) is 44.0 Å². The van der Waals surface area contributed by atoms with Crippen molar-refractivity contribution in [3.8, 4) is 11.5 Å². The van der Waals surface area contributed by atoms with Crippen molar-refractivity contribution in [1.82, 2.24) is 9.80 Å². The second-order valence-electron chi connectivity index (χ2n) is 6.92. The van der Waals surface area contributed by atoms with Gasteiger partial charge in [0.05, 0.1) is 32.7 Å². The highest BCUT2D eigenvalue weighted by atomic mass is 16.5. The lowest BCUT2D eigenvalue weighted by atomic mass is 9.85. The maximum Gasteiger partial charge on any atom is 0.234 e. The minimum Gasteiger partial charge on any atom is -0.493 e. The maximum atomic E-state index is 12.5. The number of nitrogens with zero attached hydrogens (tertiary/aromatic N) is 2. The molecule has 140 valence electrons. The number of hydrogen-bond donors (Lipinski definition) is 0. The van der Waals surface area contributed by atoms with Crippen LogP contribution in [0.25, 0.3) is 0 Å². The molecular formula is C20H26N2O4. The molecule has 1 fully saturated rings. The SMILES string of the molecule is COc1ccc(CCN(C)CN2C(=O)[C@@H]3CC=CC[C@H]3C2=O)cc1OC. The lowest BCUT2D eigenvalue weighted by molar-refractivity contribution is -0.142. The molecule has 2 amide bonds. The zero-order valence-electron chi connectivity index (χ0n) is 15.6. The minimum absolute atomic E-state index is 0.0256. The van der Waals surface area contributed by atoms with Gasteiger partial charge in [-0.25, -0.2) is 0 Å². The van der Waals surface area contributed by atoms with Crippen LogP contribution in [-0.4, -0.2) is 56.1 Å². The summed E-state index contributed by atoms with van der Waals surface area (Å²) in [5.41, 5.74) is 1.12. The molecule has 0 radical (unpaired) electrons. The van der Waals surface area contributed by atoms with Gasteiger partial charge in [0.2, 0.25) is 11.8 Å². The summed E-state index contributed by atoms with van der Waals surface area (Å²) >= 11 is 0. The molecule has 1 aromatic carbocycles. The molecule has 2 aliphatic rings. The Balaban J connectivity index is 1.57. The summed E-state index contributed by atoms with van der Waals surface area (Å²) in [5, 5.41) is 0. The predicted molar refractivity (Wildman–Crippen MR) is 98.0 cm³/mol. The Morgan fingerprint density at radius 2 is 1.65 bits per heavy atom. The van der Waals surface area contributed by atoms with Crippen LogP contribution in [0.1, 0.15) is 18.4 Å². The van der Waals surface area contributed by atoms with Crippen LogP contribution in [-0.2, 0) is 16.0 Å². The van der Waals surface area contributed by atoms with Gasteiger partial charge in [-0.2, -0.15) is 0 Å². The summed E-state index contributed by atoms with van der Waals surface area (Å²) < 4.78 is 10.6. The highest BCUT2D eigenvalue weighted by Gasteiger charge is 2.47. The summed E-state index contributed by atoms with van der Waals surface area (Å²) in [5.74, 6) is 1.03. The molecule has 1 aliphatic carbocycles. The van der Waals surface area contributed by atoms with Crippen molar-refractivity contribution in [3.05, 3.63) is 35.9 Å². The summed E-state index contributed by atoms with van der Waals surface area (Å²) in [6.45, 7) is 1.08. The van der Waals surface area contributed by atoms with Crippen LogP contribution in [0.4, 0.5) is 0 Å². The van der Waals surface area contributed by atoms with Crippen molar-refractivity contribution in [1.29, 1.82) is 0 Å². The van der Waals surface area contributed by atoms with Crippen molar-refractivity contribution in [2.24, 2.45) is 11.8 Å². The first-order valence-electron chi connectivity index (χ1n) is 8.94. The predicted octanol–water partition coefficient (Wildman–Crippen LogP) is 2.09. The number of rotatable bonds is 7. The molecule has 0 unspecified atom stereocenters. The first-order chi connectivity index (χ1) is 12.5. The van der Waals surface area contributed by atoms with Crippen molar-refractivity contribution in [3.63, 3.8) is 0 Å². The average molecular weight is 358 g/mol. The Kier molecular flexibility index (Phi) is 5.61. The lowest BCUT2D eigenvalue weighted by Crippen LogP contribution is -2.40. The number of carbonyl (C=O) groups is 2. The van der Waals surface area contributed by atoms with Gasteiger partial charge in [0.15, 0.2) is 11.5 Å². The number of likely N-dealkylation sites (N-methyl/N-ethyl adjacent to an activating group) is 1. The molecule has 1 aliphatic heterocycles. The van der Waals surface area contributed by atoms with Crippen molar-refractivity contribution in [2.45, 2.75) is 19.3 Å². The molecule has 2 atom stereocenters. The molecule has 0 aromatic heterocycles. The Morgan fingerprint density at radius 3 is 2.23 bits per heavy atom. The second kappa shape index (κ2) is 7.91. The van der Waals surface area contributed by atoms with E-state index in [2.05, 4.69) is 0 Å². The number of allylic oxidation sites excluding steroid dienone is 2. The third-order valence-corrected chi connectivity index (χ3v) is 5.21. The molecule has 1 heterocycles. The quantitative estimate of drug-likeness (QED) is 0.552. The van der Waals surface area contributed by atoms with Gasteiger partial charge in [-0.15, -0.1) is 0 Å². The van der Waals surface area contributed by atoms with Crippen LogP contribution < -0.4 is 9.47 Å². The van der Waals surface area contributed by atoms with Gasteiger partial charge in [-0.1, -0.05) is 18.2 Å². The van der Waals surface area contributed by atoms with Crippen molar-refractivity contribution >= 4 is 11.8 Å². The Hall–Kier alpha value is -2.34. The largest absolute Gasteiger partial charge is 0.493 e. The highest BCUT2D eigenvalue weighted by Crippen LogP contribution is 2.35. The number of ether oxygens (including phenoxy) is 2. The van der Waals surface area contributed by atoms with Gasteiger partial charge in [-0.3, -0.25) is 19.4 Å². The van der Waals surface area contributed by atoms with Crippen molar-refractivity contribution < 1.29 is 19.1 Å². The van der Waals surface area contributed by atoms with Crippen LogP contribution in [0.3, 0.4) is 0 Å². The highest BCUT2D eigenvalue weighted by molar-refractivity contribution is 6.05. The van der Waals surface area contributed by atoms with E-state index >= 15 is 0 Å². The number of likely N-dealkylation sites (tertiary alicyclic amines) is 1. The van der Waals surface area contributed by atoms with Crippen molar-refractivity contribution in [2.75, 3.05) is 34.5 Å². The van der Waals surface area contributed by atoms with Crippen LogP contribution in [0, 0.1) is 11.8 Å². The van der Waals surface area contributed by atoms with Gasteiger partial charge in [0.1, 0.15) is 0 Å². The van der Waals surface area contributed by atoms with Crippen LogP contribution in [0.2, 0.25) is 0 Å². The maximum absolute atomic E-state index is 12.5. The van der Waals surface area contributed by atoms with E-state index in [9.17, 15) is 9.59 Å². The topological polar surface area (TPSA) is 59.1 Å². The fraction of sp³-hybridized carbons (Fsp3) is 0.500. The summed E-state index contributed by atoms with van der Waals surface area (Å²) in [6.07, 6.45) is 6.18. The van der Waals surface area contributed by atoms with E-state index in [1.807, 2.05) is 42.3 Å². The lowest BCUT2D eigenvalue weighted by Gasteiger charge is -2.23. The standard InChI is InChI=1S/C20H26N2O4/c1-21(11-10-14-8-9-17(25-2)18(12-14)26-3)13-22-19(23)15-6-4-5-7-16(15)20(22)24/h4-5,8-9,12,15-16H,6-7,10-11,13H2,1-3H3/t15-,16-/m1/s1. The van der Waals surface area contributed by atoms with Crippen LogP contribution >= 0.6 is 0 Å². The van der Waals surface area contributed by atoms with E-state index in [-0.39, 0.29) is 23.7 Å². The zero-order valence-corrected chi connectivity index (χ0v) is 15.6. The van der Waals surface area contributed by atoms with E-state index in [1.54, 1.807) is 14.2 Å². The smallest absolute Gasteiger partial charge is 0.234 e. The first kappa shape index (κ1) is 18.5.